The van der Waals surface area contributed by atoms with Crippen molar-refractivity contribution in [1.29, 1.82) is 0 Å². The first-order chi connectivity index (χ1) is 35.0. The van der Waals surface area contributed by atoms with Crippen LogP contribution in [0.1, 0.15) is 168 Å². The number of nitrogen functional groups attached to an aromatic ring is 1. The van der Waals surface area contributed by atoms with E-state index in [4.69, 9.17) is 19.5 Å². The number of carbonyl (C=O) groups is 3. The lowest BCUT2D eigenvalue weighted by atomic mass is 9.87. The van der Waals surface area contributed by atoms with Gasteiger partial charge in [-0.1, -0.05) is 161 Å². The summed E-state index contributed by atoms with van der Waals surface area (Å²) in [7, 11) is -16.4. The summed E-state index contributed by atoms with van der Waals surface area (Å²) < 4.78 is 62.5. The Hall–Kier alpha value is -2.48. The molecule has 1 aliphatic heterocycles. The molecule has 2 amide bonds. The number of fused-ring (bicyclic) bond motifs is 1. The maximum Gasteiger partial charge on any atom is 0.481 e. The minimum absolute atomic E-state index is 0.0284. The number of rotatable bonds is 41. The Morgan fingerprint density at radius 1 is 0.797 bits per heavy atom. The smallest absolute Gasteiger partial charge is 0.386 e. The van der Waals surface area contributed by atoms with E-state index in [1.165, 1.54) is 117 Å². The summed E-state index contributed by atoms with van der Waals surface area (Å²) in [4.78, 5) is 88.7. The number of phosphoric ester groups is 3. The van der Waals surface area contributed by atoms with Gasteiger partial charge in [-0.2, -0.15) is 4.31 Å². The van der Waals surface area contributed by atoms with Gasteiger partial charge in [-0.25, -0.2) is 28.6 Å². The highest BCUT2D eigenvalue weighted by atomic mass is 32.2. The molecule has 0 spiro atoms. The quantitative estimate of drug-likeness (QED) is 0.0260. The lowest BCUT2D eigenvalue weighted by Crippen LogP contribution is -2.46. The van der Waals surface area contributed by atoms with E-state index in [-0.39, 0.29) is 47.4 Å². The minimum Gasteiger partial charge on any atom is -0.386 e. The molecule has 0 aliphatic carbocycles. The number of nitrogens with one attached hydrogen (secondary N) is 2. The third kappa shape index (κ3) is 25.3. The topological polar surface area (TPSA) is 384 Å². The van der Waals surface area contributed by atoms with E-state index in [1.54, 1.807) is 0 Å². The largest absolute Gasteiger partial charge is 0.481 e. The molecule has 2 aromatic heterocycles. The number of aliphatic hydroxyl groups excluding tert-OH is 3. The first-order valence-corrected chi connectivity index (χ1v) is 31.2. The van der Waals surface area contributed by atoms with Crippen molar-refractivity contribution in [2.24, 2.45) is 5.41 Å². The zero-order valence-corrected chi connectivity index (χ0v) is 46.4. The molecular weight excluding hydrogens is 1050 g/mol. The molecule has 0 aromatic carbocycles. The standard InChI is InChI=1S/C45H82N7O18P3S/c1-4-5-6-7-8-9-10-11-12-13-14-15-16-17-18-19-20-21-22-23-24-33(53)44(58)74-28-27-47-35(54)25-26-48-42(57)39(56)45(2,3)30-67-73(64,65)70-72(62,63)66-29-34-38(69-71(59,60)61)37(55)43(68-34)52-32-51-36-40(46)49-31-50-41(36)52/h31-34,37-39,43,53,55-56H,4-30H2,1-3H3,(H,47,54)(H,48,57)(H,62,63)(H,64,65)(H2,46,49,50)(H2,59,60,61)/t33?,34-,37-,38-,39+,43-/m1/s1. The van der Waals surface area contributed by atoms with Gasteiger partial charge in [0.15, 0.2) is 17.7 Å². The Bertz CT molecular complexity index is 2140. The van der Waals surface area contributed by atoms with Crippen LogP contribution in [0, 0.1) is 5.41 Å². The third-order valence-corrected chi connectivity index (χ3v) is 16.4. The SMILES string of the molecule is CCCCCCCCCCCCCCCCCCCCCCC(O)C(=O)SCCNC(=O)CCNC(=O)[C@H](O)C(C)(C)COP(=O)(O)OP(=O)(O)OC[C@H]1O[C@@H](n2cnc3c(N)ncnc32)[C@H](O)[C@@H]1OP(=O)(O)O. The number of nitrogens with two attached hydrogens (primary N) is 1. The molecule has 11 N–H and O–H groups in total. The van der Waals surface area contributed by atoms with Crippen molar-refractivity contribution in [3.63, 3.8) is 0 Å². The summed E-state index contributed by atoms with van der Waals surface area (Å²) in [6.45, 7) is 2.62. The molecule has 1 saturated heterocycles. The van der Waals surface area contributed by atoms with Crippen LogP contribution in [-0.4, -0.2) is 134 Å². The van der Waals surface area contributed by atoms with Crippen molar-refractivity contribution in [1.82, 2.24) is 30.2 Å². The molecule has 3 heterocycles. The second kappa shape index (κ2) is 33.7. The van der Waals surface area contributed by atoms with Gasteiger partial charge >= 0.3 is 23.5 Å². The van der Waals surface area contributed by atoms with Crippen LogP contribution in [0.15, 0.2) is 12.7 Å². The number of amides is 2. The summed E-state index contributed by atoms with van der Waals surface area (Å²) >= 11 is 0.919. The number of carbonyl (C=O) groups excluding carboxylic acids is 3. The summed E-state index contributed by atoms with van der Waals surface area (Å²) in [5.74, 6) is -1.28. The Labute approximate surface area is 438 Å². The van der Waals surface area contributed by atoms with Crippen molar-refractivity contribution >= 4 is 69.1 Å². The molecule has 29 heteroatoms. The van der Waals surface area contributed by atoms with Crippen molar-refractivity contribution in [2.45, 2.75) is 199 Å². The first kappa shape index (κ1) is 65.8. The van der Waals surface area contributed by atoms with Crippen molar-refractivity contribution in [3.05, 3.63) is 12.7 Å². The van der Waals surface area contributed by atoms with Gasteiger partial charge in [0.2, 0.25) is 16.9 Å². The molecule has 426 valence electrons. The molecule has 1 aliphatic rings. The highest BCUT2D eigenvalue weighted by molar-refractivity contribution is 8.13. The van der Waals surface area contributed by atoms with Gasteiger partial charge in [0.05, 0.1) is 19.5 Å². The monoisotopic (exact) mass is 1130 g/mol. The fourth-order valence-corrected chi connectivity index (χ4v) is 11.6. The van der Waals surface area contributed by atoms with Crippen molar-refractivity contribution in [2.75, 3.05) is 37.8 Å². The number of aromatic nitrogens is 4. The predicted molar refractivity (Wildman–Crippen MR) is 276 cm³/mol. The van der Waals surface area contributed by atoms with Crippen LogP contribution in [0.25, 0.3) is 11.2 Å². The Balaban J connectivity index is 1.24. The second-order valence-electron chi connectivity index (χ2n) is 19.3. The highest BCUT2D eigenvalue weighted by Crippen LogP contribution is 2.61. The number of anilines is 1. The van der Waals surface area contributed by atoms with Gasteiger partial charge in [-0.05, 0) is 6.42 Å². The first-order valence-electron chi connectivity index (χ1n) is 25.7. The number of hydrogen-bond donors (Lipinski definition) is 10. The molecule has 0 saturated carbocycles. The molecule has 0 radical (unpaired) electrons. The Morgan fingerprint density at radius 2 is 1.34 bits per heavy atom. The molecular formula is C45H82N7O18P3S. The number of ether oxygens (including phenoxy) is 1. The number of thioether (sulfide) groups is 1. The maximum absolute atomic E-state index is 12.8. The van der Waals surface area contributed by atoms with Crippen LogP contribution < -0.4 is 16.4 Å². The molecule has 2 aromatic rings. The molecule has 3 rings (SSSR count). The van der Waals surface area contributed by atoms with E-state index in [9.17, 15) is 63.0 Å². The molecule has 8 atom stereocenters. The van der Waals surface area contributed by atoms with E-state index >= 15 is 0 Å². The van der Waals surface area contributed by atoms with Gasteiger partial charge in [0.25, 0.3) is 0 Å². The zero-order valence-electron chi connectivity index (χ0n) is 42.9. The van der Waals surface area contributed by atoms with Crippen LogP contribution in [0.4, 0.5) is 5.82 Å². The number of imidazole rings is 1. The van der Waals surface area contributed by atoms with E-state index in [2.05, 4.69) is 41.3 Å². The predicted octanol–water partition coefficient (Wildman–Crippen LogP) is 6.24. The van der Waals surface area contributed by atoms with Gasteiger partial charge in [0.1, 0.15) is 42.4 Å². The Kier molecular flexibility index (Phi) is 30.0. The van der Waals surface area contributed by atoms with Crippen LogP contribution in [-0.2, 0) is 50.7 Å². The average molecular weight is 1130 g/mol. The average Bonchev–Trinajstić information content (AvgIpc) is 3.90. The minimum atomic E-state index is -5.59. The number of unbranched alkanes of at least 4 members (excludes halogenated alkanes) is 19. The number of aliphatic hydroxyl groups is 3. The molecule has 25 nitrogen and oxygen atoms in total. The van der Waals surface area contributed by atoms with Crippen LogP contribution in [0.5, 0.6) is 0 Å². The third-order valence-electron chi connectivity index (χ3n) is 12.3. The van der Waals surface area contributed by atoms with E-state index in [0.29, 0.717) is 6.42 Å². The van der Waals surface area contributed by atoms with E-state index < -0.39 is 90.7 Å². The van der Waals surface area contributed by atoms with Gasteiger partial charge in [0, 0.05) is 30.7 Å². The van der Waals surface area contributed by atoms with Gasteiger partial charge in [-0.3, -0.25) is 32.5 Å². The number of hydrogen-bond acceptors (Lipinski definition) is 19. The summed E-state index contributed by atoms with van der Waals surface area (Å²) in [6, 6.07) is 0. The summed E-state index contributed by atoms with van der Waals surface area (Å²) in [6.07, 6.45) is 17.7. The van der Waals surface area contributed by atoms with Gasteiger partial charge < -0.3 is 56.0 Å². The van der Waals surface area contributed by atoms with E-state index in [0.717, 1.165) is 54.7 Å². The van der Waals surface area contributed by atoms with E-state index in [1.807, 2.05) is 0 Å². The molecule has 74 heavy (non-hydrogen) atoms. The number of nitrogens with zero attached hydrogens (tertiary/aromatic N) is 4. The molecule has 3 unspecified atom stereocenters. The van der Waals surface area contributed by atoms with Gasteiger partial charge in [-0.15, -0.1) is 0 Å². The number of phosphoric acid groups is 3. The molecule has 0 bridgehead atoms. The fraction of sp³-hybridized carbons (Fsp3) is 0.822. The maximum atomic E-state index is 12.8. The van der Waals surface area contributed by atoms with Crippen LogP contribution in [0.3, 0.4) is 0 Å². The molecule has 1 fully saturated rings. The van der Waals surface area contributed by atoms with Crippen LogP contribution in [0.2, 0.25) is 0 Å². The normalized spacial score (nSPS) is 19.8. The van der Waals surface area contributed by atoms with Crippen molar-refractivity contribution in [3.8, 4) is 0 Å². The summed E-state index contributed by atoms with van der Waals surface area (Å²) in [5, 5.41) is 36.5. The van der Waals surface area contributed by atoms with Crippen LogP contribution >= 0.6 is 35.2 Å². The Morgan fingerprint density at radius 3 is 1.89 bits per heavy atom. The lowest BCUT2D eigenvalue weighted by molar-refractivity contribution is -0.137. The second-order valence-corrected chi connectivity index (χ2v) is 24.6. The fourth-order valence-electron chi connectivity index (χ4n) is 8.09. The zero-order chi connectivity index (χ0) is 54.8. The summed E-state index contributed by atoms with van der Waals surface area (Å²) in [5.41, 5.74) is 4.26. The lowest BCUT2D eigenvalue weighted by Gasteiger charge is -2.30. The highest BCUT2D eigenvalue weighted by Gasteiger charge is 2.50. The van der Waals surface area contributed by atoms with Crippen molar-refractivity contribution < 1.29 is 85.6 Å².